The van der Waals surface area contributed by atoms with Crippen molar-refractivity contribution in [3.8, 4) is 0 Å². The van der Waals surface area contributed by atoms with Crippen LogP contribution in [0.3, 0.4) is 0 Å². The van der Waals surface area contributed by atoms with Crippen molar-refractivity contribution in [2.75, 3.05) is 6.54 Å². The van der Waals surface area contributed by atoms with E-state index in [1.54, 1.807) is 11.3 Å². The van der Waals surface area contributed by atoms with Crippen LogP contribution in [0.15, 0.2) is 36.5 Å². The molecule has 1 atom stereocenters. The Kier molecular flexibility index (Phi) is 4.85. The van der Waals surface area contributed by atoms with Gasteiger partial charge in [-0.25, -0.2) is 0 Å². The lowest BCUT2D eigenvalue weighted by atomic mass is 10.1. The number of hydrogen-bond donors (Lipinski definition) is 1. The van der Waals surface area contributed by atoms with Gasteiger partial charge in [-0.05, 0) is 62.3 Å². The van der Waals surface area contributed by atoms with Gasteiger partial charge in [-0.3, -0.25) is 0 Å². The summed E-state index contributed by atoms with van der Waals surface area (Å²) in [5.41, 5.74) is 1.23. The van der Waals surface area contributed by atoms with Crippen LogP contribution in [0.2, 0.25) is 0 Å². The van der Waals surface area contributed by atoms with Crippen LogP contribution in [0.25, 0.3) is 0 Å². The van der Waals surface area contributed by atoms with E-state index in [0.29, 0.717) is 0 Å². The maximum absolute atomic E-state index is 5.66. The molecular weight excluding hydrogens is 366 g/mol. The van der Waals surface area contributed by atoms with E-state index in [9.17, 15) is 0 Å². The van der Waals surface area contributed by atoms with Crippen LogP contribution in [0, 0.1) is 0 Å². The fourth-order valence-electron chi connectivity index (χ4n) is 1.63. The summed E-state index contributed by atoms with van der Waals surface area (Å²) in [4.78, 5) is 0. The third kappa shape index (κ3) is 3.22. The van der Waals surface area contributed by atoms with E-state index in [1.807, 2.05) is 12.1 Å². The van der Waals surface area contributed by atoms with E-state index in [4.69, 9.17) is 4.42 Å². The van der Waals surface area contributed by atoms with Gasteiger partial charge in [0.1, 0.15) is 5.76 Å². The van der Waals surface area contributed by atoms with E-state index in [2.05, 4.69) is 54.9 Å². The summed E-state index contributed by atoms with van der Waals surface area (Å²) < 4.78 is 7.55. The standard InChI is InChI=1S/C12H13Br2NOS/c1-2-5-15-12(8-6-17-7-9(8)13)10-3-4-11(14)16-10/h3-4,6-7,12,15H,2,5H2,1H3. The Balaban J connectivity index is 2.28. The average Bonchev–Trinajstić information content (AvgIpc) is 2.90. The molecule has 0 saturated heterocycles. The lowest BCUT2D eigenvalue weighted by Gasteiger charge is -2.15. The highest BCUT2D eigenvalue weighted by molar-refractivity contribution is 9.10. The van der Waals surface area contributed by atoms with Gasteiger partial charge in [0.05, 0.1) is 6.04 Å². The lowest BCUT2D eigenvalue weighted by Crippen LogP contribution is -2.22. The predicted molar refractivity (Wildman–Crippen MR) is 78.6 cm³/mol. The zero-order valence-electron chi connectivity index (χ0n) is 9.37. The van der Waals surface area contributed by atoms with Crippen molar-refractivity contribution in [2.24, 2.45) is 0 Å². The zero-order chi connectivity index (χ0) is 12.3. The SMILES string of the molecule is CCCNC(c1ccc(Br)o1)c1cscc1Br. The van der Waals surface area contributed by atoms with E-state index in [1.165, 1.54) is 5.56 Å². The summed E-state index contributed by atoms with van der Waals surface area (Å²) in [5.74, 6) is 0.935. The molecule has 0 aliphatic rings. The predicted octanol–water partition coefficient (Wildman–Crippen LogP) is 4.96. The van der Waals surface area contributed by atoms with Crippen molar-refractivity contribution in [1.82, 2.24) is 5.32 Å². The summed E-state index contributed by atoms with van der Waals surface area (Å²) >= 11 is 8.62. The molecule has 5 heteroatoms. The molecule has 0 bridgehead atoms. The van der Waals surface area contributed by atoms with E-state index in [0.717, 1.165) is 27.9 Å². The number of nitrogens with one attached hydrogen (secondary N) is 1. The highest BCUT2D eigenvalue weighted by Crippen LogP contribution is 2.33. The van der Waals surface area contributed by atoms with Gasteiger partial charge in [-0.15, -0.1) is 0 Å². The zero-order valence-corrected chi connectivity index (χ0v) is 13.4. The molecule has 0 radical (unpaired) electrons. The monoisotopic (exact) mass is 377 g/mol. The smallest absolute Gasteiger partial charge is 0.169 e. The second-order valence-corrected chi connectivity index (χ2v) is 6.08. The van der Waals surface area contributed by atoms with E-state index in [-0.39, 0.29) is 6.04 Å². The minimum Gasteiger partial charge on any atom is -0.452 e. The first-order valence-electron chi connectivity index (χ1n) is 5.42. The summed E-state index contributed by atoms with van der Waals surface area (Å²) in [7, 11) is 0. The van der Waals surface area contributed by atoms with Crippen LogP contribution in [0.5, 0.6) is 0 Å². The molecule has 0 aliphatic carbocycles. The largest absolute Gasteiger partial charge is 0.452 e. The molecule has 2 aromatic rings. The second kappa shape index (κ2) is 6.18. The lowest BCUT2D eigenvalue weighted by molar-refractivity contribution is 0.433. The number of thiophene rings is 1. The second-order valence-electron chi connectivity index (χ2n) is 3.70. The van der Waals surface area contributed by atoms with Gasteiger partial charge in [0.15, 0.2) is 4.67 Å². The van der Waals surface area contributed by atoms with Crippen LogP contribution in [-0.4, -0.2) is 6.54 Å². The minimum atomic E-state index is 0.113. The first-order chi connectivity index (χ1) is 8.22. The Hall–Kier alpha value is -0.100. The van der Waals surface area contributed by atoms with Crippen LogP contribution in [0.4, 0.5) is 0 Å². The molecule has 2 nitrogen and oxygen atoms in total. The van der Waals surface area contributed by atoms with Gasteiger partial charge in [0, 0.05) is 15.4 Å². The Morgan fingerprint density at radius 2 is 2.18 bits per heavy atom. The van der Waals surface area contributed by atoms with Crippen molar-refractivity contribution in [2.45, 2.75) is 19.4 Å². The summed E-state index contributed by atoms with van der Waals surface area (Å²) in [5, 5.41) is 7.74. The number of halogens is 2. The Morgan fingerprint density at radius 1 is 1.35 bits per heavy atom. The summed E-state index contributed by atoms with van der Waals surface area (Å²) in [6, 6.07) is 4.04. The fourth-order valence-corrected chi connectivity index (χ4v) is 3.50. The molecule has 2 aromatic heterocycles. The average molecular weight is 379 g/mol. The molecule has 0 aromatic carbocycles. The molecule has 92 valence electrons. The molecule has 0 amide bonds. The Labute approximate surface area is 122 Å². The molecule has 0 saturated carbocycles. The van der Waals surface area contributed by atoms with Gasteiger partial charge >= 0.3 is 0 Å². The minimum absolute atomic E-state index is 0.113. The normalized spacial score (nSPS) is 12.9. The van der Waals surface area contributed by atoms with Gasteiger partial charge < -0.3 is 9.73 Å². The molecule has 0 fully saturated rings. The Morgan fingerprint density at radius 3 is 2.71 bits per heavy atom. The molecule has 2 rings (SSSR count). The molecule has 0 aliphatic heterocycles. The maximum atomic E-state index is 5.66. The van der Waals surface area contributed by atoms with Crippen LogP contribution < -0.4 is 5.32 Å². The highest BCUT2D eigenvalue weighted by atomic mass is 79.9. The first kappa shape index (κ1) is 13.3. The van der Waals surface area contributed by atoms with Crippen LogP contribution in [0.1, 0.15) is 30.7 Å². The Bertz CT molecular complexity index is 480. The maximum Gasteiger partial charge on any atom is 0.169 e. The number of hydrogen-bond acceptors (Lipinski definition) is 3. The number of rotatable bonds is 5. The topological polar surface area (TPSA) is 25.2 Å². The van der Waals surface area contributed by atoms with Crippen molar-refractivity contribution >= 4 is 43.2 Å². The summed E-state index contributed by atoms with van der Waals surface area (Å²) in [6.07, 6.45) is 1.10. The van der Waals surface area contributed by atoms with Gasteiger partial charge in [-0.2, -0.15) is 11.3 Å². The van der Waals surface area contributed by atoms with Crippen molar-refractivity contribution < 1.29 is 4.42 Å². The molecule has 0 spiro atoms. The third-order valence-electron chi connectivity index (χ3n) is 2.43. The van der Waals surface area contributed by atoms with Gasteiger partial charge in [-0.1, -0.05) is 6.92 Å². The summed E-state index contributed by atoms with van der Waals surface area (Å²) in [6.45, 7) is 3.12. The molecule has 2 heterocycles. The first-order valence-corrected chi connectivity index (χ1v) is 7.95. The van der Waals surface area contributed by atoms with E-state index < -0.39 is 0 Å². The van der Waals surface area contributed by atoms with Gasteiger partial charge in [0.2, 0.25) is 0 Å². The fraction of sp³-hybridized carbons (Fsp3) is 0.333. The number of furan rings is 1. The van der Waals surface area contributed by atoms with Crippen molar-refractivity contribution in [1.29, 1.82) is 0 Å². The van der Waals surface area contributed by atoms with Gasteiger partial charge in [0.25, 0.3) is 0 Å². The molecule has 1 N–H and O–H groups in total. The van der Waals surface area contributed by atoms with Crippen molar-refractivity contribution in [3.63, 3.8) is 0 Å². The van der Waals surface area contributed by atoms with E-state index >= 15 is 0 Å². The molecule has 1 unspecified atom stereocenters. The third-order valence-corrected chi connectivity index (χ3v) is 4.61. The van der Waals surface area contributed by atoms with Crippen molar-refractivity contribution in [3.05, 3.63) is 43.4 Å². The molecular formula is C12H13Br2NOS. The highest BCUT2D eigenvalue weighted by Gasteiger charge is 2.19. The molecule has 17 heavy (non-hydrogen) atoms. The quantitative estimate of drug-likeness (QED) is 0.795. The van der Waals surface area contributed by atoms with Crippen LogP contribution >= 0.6 is 43.2 Å². The van der Waals surface area contributed by atoms with Crippen LogP contribution in [-0.2, 0) is 0 Å².